The number of nitrogens with two attached hydrogens (primary N) is 1. The molecule has 2 heteroatoms. The molecule has 1 aromatic rings. The molecule has 0 aromatic heterocycles. The minimum Gasteiger partial charge on any atom is -0.399 e. The summed E-state index contributed by atoms with van der Waals surface area (Å²) in [7, 11) is 0. The fourth-order valence-electron chi connectivity index (χ4n) is 1.06. The molecule has 1 rings (SSSR count). The van der Waals surface area contributed by atoms with E-state index in [-0.39, 0.29) is 6.10 Å². The summed E-state index contributed by atoms with van der Waals surface area (Å²) in [6.07, 6.45) is 0.377. The van der Waals surface area contributed by atoms with Crippen molar-refractivity contribution in [2.24, 2.45) is 0 Å². The van der Waals surface area contributed by atoms with Crippen molar-refractivity contribution >= 4 is 5.69 Å². The number of aliphatic hydroxyl groups excluding tert-OH is 1. The molecule has 60 valence electrons. The SMILES string of the molecule is CC(O)Cc1cccc(N)c1. The van der Waals surface area contributed by atoms with E-state index in [1.807, 2.05) is 24.3 Å². The van der Waals surface area contributed by atoms with Gasteiger partial charge in [-0.15, -0.1) is 0 Å². The van der Waals surface area contributed by atoms with Crippen LogP contribution in [0.15, 0.2) is 24.3 Å². The van der Waals surface area contributed by atoms with E-state index in [0.717, 1.165) is 11.3 Å². The van der Waals surface area contributed by atoms with Gasteiger partial charge in [0, 0.05) is 5.69 Å². The van der Waals surface area contributed by atoms with Gasteiger partial charge in [0.2, 0.25) is 0 Å². The molecule has 11 heavy (non-hydrogen) atoms. The first-order valence-corrected chi connectivity index (χ1v) is 3.71. The van der Waals surface area contributed by atoms with Gasteiger partial charge in [-0.3, -0.25) is 0 Å². The summed E-state index contributed by atoms with van der Waals surface area (Å²) < 4.78 is 0. The molecule has 3 N–H and O–H groups in total. The van der Waals surface area contributed by atoms with Crippen molar-refractivity contribution in [2.45, 2.75) is 19.4 Å². The molecule has 0 saturated heterocycles. The predicted molar refractivity (Wildman–Crippen MR) is 46.2 cm³/mol. The highest BCUT2D eigenvalue weighted by atomic mass is 16.3. The quantitative estimate of drug-likeness (QED) is 0.624. The fraction of sp³-hybridized carbons (Fsp3) is 0.333. The molecule has 1 unspecified atom stereocenters. The molecule has 0 radical (unpaired) electrons. The number of benzene rings is 1. The van der Waals surface area contributed by atoms with Gasteiger partial charge in [0.05, 0.1) is 6.10 Å². The van der Waals surface area contributed by atoms with E-state index in [2.05, 4.69) is 0 Å². The van der Waals surface area contributed by atoms with Crippen molar-refractivity contribution in [3.05, 3.63) is 29.8 Å². The molecule has 0 aliphatic carbocycles. The van der Waals surface area contributed by atoms with E-state index in [4.69, 9.17) is 10.8 Å². The van der Waals surface area contributed by atoms with E-state index in [1.54, 1.807) is 6.92 Å². The first-order chi connectivity index (χ1) is 5.18. The van der Waals surface area contributed by atoms with Crippen molar-refractivity contribution < 1.29 is 5.11 Å². The Hall–Kier alpha value is -1.02. The topological polar surface area (TPSA) is 46.2 Å². The molecule has 1 atom stereocenters. The predicted octanol–water partition coefficient (Wildman–Crippen LogP) is 1.19. The lowest BCUT2D eigenvalue weighted by molar-refractivity contribution is 0.195. The first-order valence-electron chi connectivity index (χ1n) is 3.71. The van der Waals surface area contributed by atoms with Crippen LogP contribution in [-0.2, 0) is 6.42 Å². The second-order valence-electron chi connectivity index (χ2n) is 2.80. The van der Waals surface area contributed by atoms with Crippen molar-refractivity contribution in [1.29, 1.82) is 0 Å². The normalized spacial score (nSPS) is 12.9. The van der Waals surface area contributed by atoms with Gasteiger partial charge in [-0.25, -0.2) is 0 Å². The summed E-state index contributed by atoms with van der Waals surface area (Å²) in [6, 6.07) is 7.58. The average molecular weight is 151 g/mol. The lowest BCUT2D eigenvalue weighted by Gasteiger charge is -2.03. The average Bonchev–Trinajstić information content (AvgIpc) is 1.85. The summed E-state index contributed by atoms with van der Waals surface area (Å²) in [5, 5.41) is 9.06. The van der Waals surface area contributed by atoms with Crippen LogP contribution < -0.4 is 5.73 Å². The molecule has 0 amide bonds. The maximum absolute atomic E-state index is 9.06. The van der Waals surface area contributed by atoms with Crippen LogP contribution in [0.5, 0.6) is 0 Å². The molecule has 0 aliphatic rings. The highest BCUT2D eigenvalue weighted by Gasteiger charge is 1.97. The number of aliphatic hydroxyl groups is 1. The monoisotopic (exact) mass is 151 g/mol. The van der Waals surface area contributed by atoms with Gasteiger partial charge in [-0.2, -0.15) is 0 Å². The number of hydrogen-bond acceptors (Lipinski definition) is 2. The van der Waals surface area contributed by atoms with Crippen LogP contribution in [0.25, 0.3) is 0 Å². The zero-order valence-electron chi connectivity index (χ0n) is 6.62. The van der Waals surface area contributed by atoms with Crippen LogP contribution in [0.2, 0.25) is 0 Å². The minimum absolute atomic E-state index is 0.295. The Morgan fingerprint density at radius 1 is 1.55 bits per heavy atom. The molecule has 1 aromatic carbocycles. The van der Waals surface area contributed by atoms with Gasteiger partial charge in [0.15, 0.2) is 0 Å². The van der Waals surface area contributed by atoms with Gasteiger partial charge in [-0.05, 0) is 31.0 Å². The highest BCUT2D eigenvalue weighted by molar-refractivity contribution is 5.40. The molecule has 2 nitrogen and oxygen atoms in total. The zero-order valence-corrected chi connectivity index (χ0v) is 6.62. The van der Waals surface area contributed by atoms with Crippen molar-refractivity contribution in [2.75, 3.05) is 5.73 Å². The van der Waals surface area contributed by atoms with Crippen LogP contribution in [-0.4, -0.2) is 11.2 Å². The lowest BCUT2D eigenvalue weighted by atomic mass is 10.1. The van der Waals surface area contributed by atoms with E-state index in [0.29, 0.717) is 6.42 Å². The third kappa shape index (κ3) is 2.60. The summed E-state index contributed by atoms with van der Waals surface area (Å²) >= 11 is 0. The Balaban J connectivity index is 2.71. The Labute approximate surface area is 66.7 Å². The van der Waals surface area contributed by atoms with Crippen molar-refractivity contribution in [1.82, 2.24) is 0 Å². The Kier molecular flexibility index (Phi) is 2.49. The van der Waals surface area contributed by atoms with E-state index < -0.39 is 0 Å². The Bertz CT molecular complexity index is 233. The number of hydrogen-bond donors (Lipinski definition) is 2. The summed E-state index contributed by atoms with van der Waals surface area (Å²) in [5.74, 6) is 0. The zero-order chi connectivity index (χ0) is 8.27. The molecule has 0 fully saturated rings. The summed E-state index contributed by atoms with van der Waals surface area (Å²) in [5.41, 5.74) is 7.39. The van der Waals surface area contributed by atoms with Crippen LogP contribution in [0, 0.1) is 0 Å². The third-order valence-electron chi connectivity index (χ3n) is 1.48. The molecule has 0 bridgehead atoms. The van der Waals surface area contributed by atoms with Crippen LogP contribution in [0.1, 0.15) is 12.5 Å². The number of nitrogen functional groups attached to an aromatic ring is 1. The number of rotatable bonds is 2. The molecular formula is C9H13NO. The maximum atomic E-state index is 9.06. The van der Waals surface area contributed by atoms with E-state index in [1.165, 1.54) is 0 Å². The summed E-state index contributed by atoms with van der Waals surface area (Å²) in [6.45, 7) is 1.77. The number of anilines is 1. The second-order valence-corrected chi connectivity index (χ2v) is 2.80. The first kappa shape index (κ1) is 8.08. The Morgan fingerprint density at radius 3 is 2.82 bits per heavy atom. The van der Waals surface area contributed by atoms with Gasteiger partial charge in [-0.1, -0.05) is 12.1 Å². The highest BCUT2D eigenvalue weighted by Crippen LogP contribution is 2.08. The largest absolute Gasteiger partial charge is 0.399 e. The van der Waals surface area contributed by atoms with E-state index in [9.17, 15) is 0 Å². The molecule has 0 aliphatic heterocycles. The van der Waals surface area contributed by atoms with Crippen molar-refractivity contribution in [3.63, 3.8) is 0 Å². The standard InChI is InChI=1S/C9H13NO/c1-7(11)5-8-3-2-4-9(10)6-8/h2-4,6-7,11H,5,10H2,1H3. The second kappa shape index (κ2) is 3.39. The van der Waals surface area contributed by atoms with Gasteiger partial charge in [0.25, 0.3) is 0 Å². The van der Waals surface area contributed by atoms with Crippen molar-refractivity contribution in [3.8, 4) is 0 Å². The minimum atomic E-state index is -0.295. The third-order valence-corrected chi connectivity index (χ3v) is 1.48. The molecule has 0 saturated carbocycles. The van der Waals surface area contributed by atoms with Gasteiger partial charge < -0.3 is 10.8 Å². The Morgan fingerprint density at radius 2 is 2.27 bits per heavy atom. The van der Waals surface area contributed by atoms with Gasteiger partial charge in [0.1, 0.15) is 0 Å². The molecular weight excluding hydrogens is 138 g/mol. The molecule has 0 spiro atoms. The fourth-order valence-corrected chi connectivity index (χ4v) is 1.06. The maximum Gasteiger partial charge on any atom is 0.0552 e. The van der Waals surface area contributed by atoms with Crippen LogP contribution in [0.3, 0.4) is 0 Å². The smallest absolute Gasteiger partial charge is 0.0552 e. The van der Waals surface area contributed by atoms with Gasteiger partial charge >= 0.3 is 0 Å². The van der Waals surface area contributed by atoms with E-state index >= 15 is 0 Å². The van der Waals surface area contributed by atoms with Crippen LogP contribution >= 0.6 is 0 Å². The molecule has 0 heterocycles. The van der Waals surface area contributed by atoms with Crippen LogP contribution in [0.4, 0.5) is 5.69 Å². The summed E-state index contributed by atoms with van der Waals surface area (Å²) in [4.78, 5) is 0. The lowest BCUT2D eigenvalue weighted by Crippen LogP contribution is -2.04.